The van der Waals surface area contributed by atoms with Crippen molar-refractivity contribution in [3.63, 3.8) is 0 Å². The van der Waals surface area contributed by atoms with Gasteiger partial charge in [-0.15, -0.1) is 0 Å². The van der Waals surface area contributed by atoms with E-state index in [0.717, 1.165) is 0 Å². The molecule has 0 spiro atoms. The molecule has 0 aliphatic heterocycles. The van der Waals surface area contributed by atoms with Gasteiger partial charge in [0.1, 0.15) is 5.78 Å². The van der Waals surface area contributed by atoms with Crippen molar-refractivity contribution < 1.29 is 23.8 Å². The molecule has 6 heteroatoms. The van der Waals surface area contributed by atoms with Crippen molar-refractivity contribution >= 4 is 12.2 Å². The number of rotatable bonds is 14. The van der Waals surface area contributed by atoms with Crippen LogP contribution in [0.3, 0.4) is 0 Å². The number of carbonyl (C=O) groups is 2. The van der Waals surface area contributed by atoms with Crippen LogP contribution in [-0.2, 0) is 23.8 Å². The number of hydrogen-bond donors (Lipinski definition) is 1. The summed E-state index contributed by atoms with van der Waals surface area (Å²) in [6.45, 7) is 5.28. The van der Waals surface area contributed by atoms with Crippen LogP contribution in [-0.4, -0.2) is 58.4 Å². The molecule has 0 aromatic carbocycles. The normalized spacial score (nSPS) is 10.3. The summed E-state index contributed by atoms with van der Waals surface area (Å²) in [5.41, 5.74) is 0. The molecule has 0 bridgehead atoms. The summed E-state index contributed by atoms with van der Waals surface area (Å²) in [5, 5.41) is 2.49. The van der Waals surface area contributed by atoms with E-state index in [-0.39, 0.29) is 5.78 Å². The third kappa shape index (κ3) is 13.1. The molecule has 0 atom stereocenters. The molecule has 0 saturated heterocycles. The van der Waals surface area contributed by atoms with Crippen LogP contribution in [0.2, 0.25) is 0 Å². The van der Waals surface area contributed by atoms with E-state index >= 15 is 0 Å². The highest BCUT2D eigenvalue weighted by Crippen LogP contribution is 1.90. The molecule has 18 heavy (non-hydrogen) atoms. The van der Waals surface area contributed by atoms with Crippen molar-refractivity contribution in [2.45, 2.75) is 19.8 Å². The van der Waals surface area contributed by atoms with Crippen molar-refractivity contribution in [2.75, 3.05) is 46.2 Å². The van der Waals surface area contributed by atoms with Crippen LogP contribution in [0.4, 0.5) is 0 Å². The third-order valence-electron chi connectivity index (χ3n) is 2.14. The lowest BCUT2D eigenvalue weighted by molar-refractivity contribution is -0.120. The zero-order valence-corrected chi connectivity index (χ0v) is 11.0. The second kappa shape index (κ2) is 14.1. The van der Waals surface area contributed by atoms with Gasteiger partial charge in [-0.1, -0.05) is 6.92 Å². The molecule has 0 radical (unpaired) electrons. The lowest BCUT2D eigenvalue weighted by atomic mass is 10.2. The van der Waals surface area contributed by atoms with E-state index in [1.54, 1.807) is 0 Å². The van der Waals surface area contributed by atoms with Crippen LogP contribution in [0.15, 0.2) is 0 Å². The van der Waals surface area contributed by atoms with Crippen LogP contribution < -0.4 is 5.32 Å². The van der Waals surface area contributed by atoms with Crippen molar-refractivity contribution in [3.8, 4) is 0 Å². The zero-order chi connectivity index (χ0) is 13.5. The van der Waals surface area contributed by atoms with E-state index in [1.807, 2.05) is 6.92 Å². The van der Waals surface area contributed by atoms with Crippen LogP contribution in [0.1, 0.15) is 19.8 Å². The van der Waals surface area contributed by atoms with Crippen molar-refractivity contribution in [1.29, 1.82) is 0 Å². The van der Waals surface area contributed by atoms with E-state index in [1.165, 1.54) is 0 Å². The molecular weight excluding hydrogens is 238 g/mol. The standard InChI is InChI=1S/C12H23NO5/c1-2-12(15)3-5-16-7-9-18-10-8-17-6-4-13-11-14/h11H,2-10H2,1H3,(H,13,14). The molecule has 0 heterocycles. The molecular formula is C12H23NO5. The highest BCUT2D eigenvalue weighted by atomic mass is 16.5. The molecule has 0 aromatic rings. The second-order valence-electron chi connectivity index (χ2n) is 3.55. The fourth-order valence-corrected chi connectivity index (χ4v) is 1.09. The van der Waals surface area contributed by atoms with E-state index < -0.39 is 0 Å². The summed E-state index contributed by atoms with van der Waals surface area (Å²) in [6.07, 6.45) is 1.68. The number of ether oxygens (including phenoxy) is 3. The maximum Gasteiger partial charge on any atom is 0.207 e. The van der Waals surface area contributed by atoms with Crippen molar-refractivity contribution in [2.24, 2.45) is 0 Å². The Morgan fingerprint density at radius 1 is 1.00 bits per heavy atom. The fraction of sp³-hybridized carbons (Fsp3) is 0.833. The van der Waals surface area contributed by atoms with Gasteiger partial charge < -0.3 is 19.5 Å². The minimum Gasteiger partial charge on any atom is -0.379 e. The summed E-state index contributed by atoms with van der Waals surface area (Å²) >= 11 is 0. The zero-order valence-electron chi connectivity index (χ0n) is 11.0. The summed E-state index contributed by atoms with van der Waals surface area (Å²) < 4.78 is 15.7. The number of amides is 1. The van der Waals surface area contributed by atoms with E-state index in [4.69, 9.17) is 14.2 Å². The van der Waals surface area contributed by atoms with Gasteiger partial charge in [0.15, 0.2) is 0 Å². The first-order valence-corrected chi connectivity index (χ1v) is 6.23. The highest BCUT2D eigenvalue weighted by Gasteiger charge is 1.97. The van der Waals surface area contributed by atoms with E-state index in [0.29, 0.717) is 65.4 Å². The van der Waals surface area contributed by atoms with Gasteiger partial charge in [-0.3, -0.25) is 9.59 Å². The Hall–Kier alpha value is -0.980. The Bertz CT molecular complexity index is 211. The Kier molecular flexibility index (Phi) is 13.3. The van der Waals surface area contributed by atoms with Gasteiger partial charge in [0.2, 0.25) is 6.41 Å². The smallest absolute Gasteiger partial charge is 0.207 e. The molecule has 0 aromatic heterocycles. The first kappa shape index (κ1) is 17.0. The summed E-state index contributed by atoms with van der Waals surface area (Å²) in [5.74, 6) is 0.216. The minimum absolute atomic E-state index is 0.216. The Balaban J connectivity index is 2.98. The highest BCUT2D eigenvalue weighted by molar-refractivity contribution is 5.78. The van der Waals surface area contributed by atoms with Gasteiger partial charge in [0.05, 0.1) is 39.6 Å². The molecule has 0 unspecified atom stereocenters. The van der Waals surface area contributed by atoms with Crippen LogP contribution >= 0.6 is 0 Å². The summed E-state index contributed by atoms with van der Waals surface area (Å²) in [7, 11) is 0. The van der Waals surface area contributed by atoms with Gasteiger partial charge in [-0.2, -0.15) is 0 Å². The monoisotopic (exact) mass is 261 g/mol. The SMILES string of the molecule is CCC(=O)CCOCCOCCOCCNC=O. The minimum atomic E-state index is 0.216. The second-order valence-corrected chi connectivity index (χ2v) is 3.55. The average Bonchev–Trinajstić information content (AvgIpc) is 2.39. The number of Topliss-reactive ketones (excluding diaryl/α,β-unsaturated/α-hetero) is 1. The number of carbonyl (C=O) groups excluding carboxylic acids is 2. The predicted molar refractivity (Wildman–Crippen MR) is 66.4 cm³/mol. The van der Waals surface area contributed by atoms with Crippen molar-refractivity contribution in [3.05, 3.63) is 0 Å². The summed E-state index contributed by atoms with van der Waals surface area (Å²) in [4.78, 5) is 20.8. The predicted octanol–water partition coefficient (Wildman–Crippen LogP) is 0.151. The molecule has 0 rings (SSSR count). The Morgan fingerprint density at radius 3 is 2.11 bits per heavy atom. The molecule has 6 nitrogen and oxygen atoms in total. The maximum atomic E-state index is 10.9. The lowest BCUT2D eigenvalue weighted by Crippen LogP contribution is -2.19. The van der Waals surface area contributed by atoms with Crippen LogP contribution in [0.25, 0.3) is 0 Å². The molecule has 1 N–H and O–H groups in total. The number of hydrogen-bond acceptors (Lipinski definition) is 5. The number of nitrogens with one attached hydrogen (secondary N) is 1. The van der Waals surface area contributed by atoms with Crippen LogP contribution in [0, 0.1) is 0 Å². The van der Waals surface area contributed by atoms with Gasteiger partial charge in [0.25, 0.3) is 0 Å². The van der Waals surface area contributed by atoms with Gasteiger partial charge in [-0.25, -0.2) is 0 Å². The maximum absolute atomic E-state index is 10.9. The first-order valence-electron chi connectivity index (χ1n) is 6.23. The summed E-state index contributed by atoms with van der Waals surface area (Å²) in [6, 6.07) is 0. The number of ketones is 1. The average molecular weight is 261 g/mol. The molecule has 0 fully saturated rings. The molecule has 0 saturated carbocycles. The topological polar surface area (TPSA) is 73.9 Å². The van der Waals surface area contributed by atoms with Crippen LogP contribution in [0.5, 0.6) is 0 Å². The molecule has 1 amide bonds. The largest absolute Gasteiger partial charge is 0.379 e. The Morgan fingerprint density at radius 2 is 1.56 bits per heavy atom. The lowest BCUT2D eigenvalue weighted by Gasteiger charge is -2.06. The van der Waals surface area contributed by atoms with Gasteiger partial charge in [0, 0.05) is 19.4 Å². The Labute approximate surface area is 108 Å². The molecule has 106 valence electrons. The van der Waals surface area contributed by atoms with Gasteiger partial charge in [-0.05, 0) is 0 Å². The quantitative estimate of drug-likeness (QED) is 0.356. The van der Waals surface area contributed by atoms with Crippen molar-refractivity contribution in [1.82, 2.24) is 5.32 Å². The first-order chi connectivity index (χ1) is 8.81. The third-order valence-corrected chi connectivity index (χ3v) is 2.14. The van der Waals surface area contributed by atoms with Gasteiger partial charge >= 0.3 is 0 Å². The van der Waals surface area contributed by atoms with E-state index in [9.17, 15) is 9.59 Å². The molecule has 0 aliphatic carbocycles. The van der Waals surface area contributed by atoms with E-state index in [2.05, 4.69) is 5.32 Å². The fourth-order valence-electron chi connectivity index (χ4n) is 1.09. The molecule has 0 aliphatic rings.